The predicted octanol–water partition coefficient (Wildman–Crippen LogP) is 4.84. The van der Waals surface area contributed by atoms with Crippen LogP contribution < -0.4 is 14.8 Å². The molecule has 0 unspecified atom stereocenters. The van der Waals surface area contributed by atoms with Gasteiger partial charge in [0.15, 0.2) is 17.1 Å². The molecule has 3 heterocycles. The Balaban J connectivity index is 1.64. The number of anilines is 1. The molecule has 5 rings (SSSR count). The summed E-state index contributed by atoms with van der Waals surface area (Å²) in [5, 5.41) is 7.68. The van der Waals surface area contributed by atoms with Crippen molar-refractivity contribution in [2.75, 3.05) is 18.5 Å². The number of carbonyl (C=O) groups is 1. The lowest BCUT2D eigenvalue weighted by Crippen LogP contribution is -2.15. The fourth-order valence-electron chi connectivity index (χ4n) is 3.69. The highest BCUT2D eigenvalue weighted by Crippen LogP contribution is 2.35. The van der Waals surface area contributed by atoms with Crippen LogP contribution in [-0.4, -0.2) is 33.9 Å². The Morgan fingerprint density at radius 1 is 1.09 bits per heavy atom. The van der Waals surface area contributed by atoms with Crippen LogP contribution in [-0.2, 0) is 0 Å². The molecular weight excluding hydrogens is 411 g/mol. The van der Waals surface area contributed by atoms with Crippen molar-refractivity contribution >= 4 is 22.6 Å². The number of rotatable bonds is 4. The minimum absolute atomic E-state index is 0.0398. The highest BCUT2D eigenvalue weighted by atomic mass is 19.1. The lowest BCUT2D eigenvalue weighted by molar-refractivity contribution is 0.102. The van der Waals surface area contributed by atoms with Crippen LogP contribution in [0.4, 0.5) is 10.1 Å². The number of halogens is 1. The second kappa shape index (κ2) is 7.96. The zero-order chi connectivity index (χ0) is 22.2. The van der Waals surface area contributed by atoms with Gasteiger partial charge in [0, 0.05) is 11.6 Å². The van der Waals surface area contributed by atoms with E-state index in [-0.39, 0.29) is 11.7 Å². The molecule has 1 aliphatic rings. The molecule has 1 N–H and O–H groups in total. The zero-order valence-electron chi connectivity index (χ0n) is 17.6. The molecule has 4 aromatic rings. The molecular formula is C24H21FN4O3. The smallest absolute Gasteiger partial charge is 0.256 e. The molecule has 0 fully saturated rings. The Kier molecular flexibility index (Phi) is 4.97. The van der Waals surface area contributed by atoms with Gasteiger partial charge < -0.3 is 14.8 Å². The summed E-state index contributed by atoms with van der Waals surface area (Å²) in [6.45, 7) is 4.96. The minimum Gasteiger partial charge on any atom is -0.486 e. The SMILES string of the molecule is CC(C)n1ncc2c(C(=O)Nc3ccccc3F)cc(-c3ccc4c(c3)OCCO4)nc21. The molecule has 0 saturated carbocycles. The molecule has 2 aromatic carbocycles. The molecule has 0 saturated heterocycles. The Morgan fingerprint density at radius 3 is 2.66 bits per heavy atom. The molecule has 162 valence electrons. The lowest BCUT2D eigenvalue weighted by Gasteiger charge is -2.19. The largest absolute Gasteiger partial charge is 0.486 e. The molecule has 0 radical (unpaired) electrons. The maximum atomic E-state index is 14.1. The number of nitrogens with zero attached hydrogens (tertiary/aromatic N) is 3. The quantitative estimate of drug-likeness (QED) is 0.499. The van der Waals surface area contributed by atoms with Crippen LogP contribution in [0.3, 0.4) is 0 Å². The number of nitrogens with one attached hydrogen (secondary N) is 1. The Morgan fingerprint density at radius 2 is 1.88 bits per heavy atom. The highest BCUT2D eigenvalue weighted by Gasteiger charge is 2.20. The third-order valence-electron chi connectivity index (χ3n) is 5.26. The van der Waals surface area contributed by atoms with Crippen molar-refractivity contribution in [1.29, 1.82) is 0 Å². The van der Waals surface area contributed by atoms with Crippen LogP contribution in [0.25, 0.3) is 22.3 Å². The molecule has 32 heavy (non-hydrogen) atoms. The number of benzene rings is 2. The topological polar surface area (TPSA) is 78.3 Å². The maximum Gasteiger partial charge on any atom is 0.256 e. The number of aromatic nitrogens is 3. The Labute approximate surface area is 183 Å². The summed E-state index contributed by atoms with van der Waals surface area (Å²) >= 11 is 0. The van der Waals surface area contributed by atoms with E-state index in [9.17, 15) is 9.18 Å². The first kappa shape index (κ1) is 20.0. The molecule has 1 aliphatic heterocycles. The lowest BCUT2D eigenvalue weighted by atomic mass is 10.1. The van der Waals surface area contributed by atoms with Gasteiger partial charge in [0.1, 0.15) is 19.0 Å². The number of pyridine rings is 1. The summed E-state index contributed by atoms with van der Waals surface area (Å²) in [5.74, 6) is 0.358. The summed E-state index contributed by atoms with van der Waals surface area (Å²) in [5.41, 5.74) is 2.39. The fraction of sp³-hybridized carbons (Fsp3) is 0.208. The van der Waals surface area contributed by atoms with Gasteiger partial charge >= 0.3 is 0 Å². The molecule has 0 atom stereocenters. The van der Waals surface area contributed by atoms with Crippen molar-refractivity contribution in [3.8, 4) is 22.8 Å². The van der Waals surface area contributed by atoms with Gasteiger partial charge in [-0.1, -0.05) is 12.1 Å². The van der Waals surface area contributed by atoms with Gasteiger partial charge in [-0.2, -0.15) is 5.10 Å². The minimum atomic E-state index is -0.504. The van der Waals surface area contributed by atoms with Crippen molar-refractivity contribution < 1.29 is 18.7 Å². The van der Waals surface area contributed by atoms with E-state index in [0.717, 1.165) is 5.56 Å². The Bertz CT molecular complexity index is 1330. The monoisotopic (exact) mass is 432 g/mol. The van der Waals surface area contributed by atoms with Gasteiger partial charge in [-0.25, -0.2) is 14.1 Å². The second-order valence-corrected chi connectivity index (χ2v) is 7.77. The Hall–Kier alpha value is -3.94. The summed E-state index contributed by atoms with van der Waals surface area (Å²) < 4.78 is 27.2. The van der Waals surface area contributed by atoms with Gasteiger partial charge in [0.05, 0.1) is 28.5 Å². The van der Waals surface area contributed by atoms with Gasteiger partial charge in [-0.3, -0.25) is 4.79 Å². The predicted molar refractivity (Wildman–Crippen MR) is 119 cm³/mol. The van der Waals surface area contributed by atoms with Crippen molar-refractivity contribution in [2.45, 2.75) is 19.9 Å². The molecule has 0 bridgehead atoms. The number of para-hydroxylation sites is 1. The van der Waals surface area contributed by atoms with E-state index in [0.29, 0.717) is 47.0 Å². The van der Waals surface area contributed by atoms with Crippen LogP contribution in [0.15, 0.2) is 54.7 Å². The van der Waals surface area contributed by atoms with E-state index >= 15 is 0 Å². The van der Waals surface area contributed by atoms with Crippen LogP contribution in [0, 0.1) is 5.82 Å². The van der Waals surface area contributed by atoms with Crippen LogP contribution >= 0.6 is 0 Å². The van der Waals surface area contributed by atoms with Gasteiger partial charge in [0.25, 0.3) is 5.91 Å². The highest BCUT2D eigenvalue weighted by molar-refractivity contribution is 6.12. The zero-order valence-corrected chi connectivity index (χ0v) is 17.6. The first-order chi connectivity index (χ1) is 15.5. The van der Waals surface area contributed by atoms with Gasteiger partial charge in [0.2, 0.25) is 0 Å². The number of hydrogen-bond donors (Lipinski definition) is 1. The molecule has 0 spiro atoms. The number of carbonyl (C=O) groups excluding carboxylic acids is 1. The van der Waals surface area contributed by atoms with E-state index in [1.807, 2.05) is 32.0 Å². The van der Waals surface area contributed by atoms with E-state index in [1.165, 1.54) is 12.1 Å². The van der Waals surface area contributed by atoms with E-state index in [4.69, 9.17) is 14.5 Å². The standard InChI is InChI=1S/C24H21FN4O3/c1-14(2)29-23-17(13-26-29)16(24(30)28-19-6-4-3-5-18(19)25)12-20(27-23)15-7-8-21-22(11-15)32-10-9-31-21/h3-8,11-14H,9-10H2,1-2H3,(H,28,30). The summed E-state index contributed by atoms with van der Waals surface area (Å²) in [6.07, 6.45) is 1.62. The third-order valence-corrected chi connectivity index (χ3v) is 5.26. The third kappa shape index (κ3) is 3.53. The molecule has 2 aromatic heterocycles. The van der Waals surface area contributed by atoms with Gasteiger partial charge in [-0.05, 0) is 50.2 Å². The molecule has 7 nitrogen and oxygen atoms in total. The summed E-state index contributed by atoms with van der Waals surface area (Å²) in [6, 6.07) is 13.3. The van der Waals surface area contributed by atoms with Gasteiger partial charge in [-0.15, -0.1) is 0 Å². The van der Waals surface area contributed by atoms with Crippen LogP contribution in [0.5, 0.6) is 11.5 Å². The average Bonchev–Trinajstić information content (AvgIpc) is 3.24. The molecule has 8 heteroatoms. The van der Waals surface area contributed by atoms with E-state index in [2.05, 4.69) is 10.4 Å². The normalized spacial score (nSPS) is 12.9. The first-order valence-electron chi connectivity index (χ1n) is 10.4. The van der Waals surface area contributed by atoms with Crippen molar-refractivity contribution in [2.24, 2.45) is 0 Å². The molecule has 1 amide bonds. The number of ether oxygens (including phenoxy) is 2. The number of amides is 1. The average molecular weight is 432 g/mol. The fourth-order valence-corrected chi connectivity index (χ4v) is 3.69. The van der Waals surface area contributed by atoms with Crippen molar-refractivity contribution in [3.05, 3.63) is 66.1 Å². The van der Waals surface area contributed by atoms with Crippen LogP contribution in [0.2, 0.25) is 0 Å². The molecule has 0 aliphatic carbocycles. The van der Waals surface area contributed by atoms with E-state index in [1.54, 1.807) is 29.1 Å². The van der Waals surface area contributed by atoms with E-state index < -0.39 is 11.7 Å². The van der Waals surface area contributed by atoms with Crippen molar-refractivity contribution in [3.63, 3.8) is 0 Å². The second-order valence-electron chi connectivity index (χ2n) is 7.77. The first-order valence-corrected chi connectivity index (χ1v) is 10.4. The number of fused-ring (bicyclic) bond motifs is 2. The van der Waals surface area contributed by atoms with Crippen LogP contribution in [0.1, 0.15) is 30.2 Å². The van der Waals surface area contributed by atoms with Crippen molar-refractivity contribution in [1.82, 2.24) is 14.8 Å². The summed E-state index contributed by atoms with van der Waals surface area (Å²) in [4.78, 5) is 18.0. The maximum absolute atomic E-state index is 14.1. The summed E-state index contributed by atoms with van der Waals surface area (Å²) in [7, 11) is 0. The number of hydrogen-bond acceptors (Lipinski definition) is 5.